The van der Waals surface area contributed by atoms with Gasteiger partial charge in [0.2, 0.25) is 0 Å². The zero-order chi connectivity index (χ0) is 14.6. The molecule has 1 heterocycles. The van der Waals surface area contributed by atoms with Gasteiger partial charge in [-0.2, -0.15) is 11.8 Å². The molecule has 1 aliphatic rings. The van der Waals surface area contributed by atoms with Crippen molar-refractivity contribution in [3.63, 3.8) is 0 Å². The summed E-state index contributed by atoms with van der Waals surface area (Å²) in [5.74, 6) is -1.32. The summed E-state index contributed by atoms with van der Waals surface area (Å²) in [5.41, 5.74) is 0.153. The van der Waals surface area contributed by atoms with Gasteiger partial charge in [-0.1, -0.05) is 18.1 Å². The average Bonchev–Trinajstić information content (AvgIpc) is 3.05. The summed E-state index contributed by atoms with van der Waals surface area (Å²) < 4.78 is 1.27. The number of carboxylic acids is 1. The van der Waals surface area contributed by atoms with Crippen LogP contribution in [0.4, 0.5) is 0 Å². The molecule has 8 heteroatoms. The second-order valence-electron chi connectivity index (χ2n) is 4.97. The van der Waals surface area contributed by atoms with Crippen LogP contribution < -0.4 is 5.32 Å². The van der Waals surface area contributed by atoms with Gasteiger partial charge in [-0.05, 0) is 19.1 Å². The molecule has 110 valence electrons. The molecule has 1 aliphatic carbocycles. The predicted molar refractivity (Wildman–Crippen MR) is 74.7 cm³/mol. The fourth-order valence-electron chi connectivity index (χ4n) is 2.42. The van der Waals surface area contributed by atoms with Crippen LogP contribution in [-0.2, 0) is 11.3 Å². The van der Waals surface area contributed by atoms with E-state index in [0.717, 1.165) is 17.5 Å². The molecule has 0 saturated heterocycles. The number of thioether (sulfide) groups is 1. The lowest BCUT2D eigenvalue weighted by Crippen LogP contribution is -2.38. The van der Waals surface area contributed by atoms with Gasteiger partial charge in [0.1, 0.15) is 6.54 Å². The molecule has 1 fully saturated rings. The smallest absolute Gasteiger partial charge is 0.325 e. The van der Waals surface area contributed by atoms with Gasteiger partial charge in [-0.15, -0.1) is 5.10 Å². The van der Waals surface area contributed by atoms with Crippen LogP contribution >= 0.6 is 11.8 Å². The van der Waals surface area contributed by atoms with Crippen molar-refractivity contribution < 1.29 is 14.7 Å². The van der Waals surface area contributed by atoms with Crippen molar-refractivity contribution in [2.45, 2.75) is 37.0 Å². The van der Waals surface area contributed by atoms with E-state index in [1.54, 1.807) is 11.8 Å². The molecule has 1 aromatic rings. The van der Waals surface area contributed by atoms with Gasteiger partial charge in [0.15, 0.2) is 5.69 Å². The maximum absolute atomic E-state index is 12.0. The fourth-order valence-corrected chi connectivity index (χ4v) is 3.34. The summed E-state index contributed by atoms with van der Waals surface area (Å²) in [6.45, 7) is 0.313. The van der Waals surface area contributed by atoms with Crippen molar-refractivity contribution in [1.82, 2.24) is 20.3 Å². The topological polar surface area (TPSA) is 97.1 Å². The molecular formula is C12H18N4O3S. The molecule has 0 aliphatic heterocycles. The highest BCUT2D eigenvalue weighted by atomic mass is 32.2. The molecule has 0 bridgehead atoms. The van der Waals surface area contributed by atoms with Crippen LogP contribution in [0.3, 0.4) is 0 Å². The number of rotatable bonds is 6. The normalized spacial score (nSPS) is 17.1. The number of carbonyl (C=O) groups is 2. The lowest BCUT2D eigenvalue weighted by Gasteiger charge is -2.26. The number of carbonyl (C=O) groups excluding carboxylic acids is 1. The van der Waals surface area contributed by atoms with Crippen molar-refractivity contribution in [3.05, 3.63) is 11.9 Å². The molecule has 0 unspecified atom stereocenters. The molecule has 7 nitrogen and oxygen atoms in total. The van der Waals surface area contributed by atoms with E-state index in [9.17, 15) is 9.59 Å². The Hall–Kier alpha value is -1.57. The first-order valence-electron chi connectivity index (χ1n) is 6.50. The van der Waals surface area contributed by atoms with E-state index in [2.05, 4.69) is 21.9 Å². The molecule has 0 radical (unpaired) electrons. The molecule has 1 saturated carbocycles. The van der Waals surface area contributed by atoms with Gasteiger partial charge in [0.05, 0.1) is 6.20 Å². The standard InChI is InChI=1S/C12H18N4O3S/c1-20-12(4-2-3-5-12)8-13-11(19)9-6-16(15-14-9)7-10(17)18/h6H,2-5,7-8H2,1H3,(H,13,19)(H,17,18). The van der Waals surface area contributed by atoms with Crippen molar-refractivity contribution in [2.75, 3.05) is 12.8 Å². The van der Waals surface area contributed by atoms with Crippen LogP contribution in [-0.4, -0.2) is 49.5 Å². The zero-order valence-electron chi connectivity index (χ0n) is 11.3. The molecular weight excluding hydrogens is 280 g/mol. The molecule has 20 heavy (non-hydrogen) atoms. The Morgan fingerprint density at radius 2 is 2.20 bits per heavy atom. The molecule has 2 N–H and O–H groups in total. The van der Waals surface area contributed by atoms with E-state index in [-0.39, 0.29) is 22.9 Å². The van der Waals surface area contributed by atoms with Crippen LogP contribution in [0.2, 0.25) is 0 Å². The molecule has 0 atom stereocenters. The third kappa shape index (κ3) is 3.50. The van der Waals surface area contributed by atoms with Crippen molar-refractivity contribution in [3.8, 4) is 0 Å². The number of nitrogens with zero attached hydrogens (tertiary/aromatic N) is 3. The minimum atomic E-state index is -1.02. The quantitative estimate of drug-likeness (QED) is 0.805. The Bertz CT molecular complexity index is 497. The van der Waals surface area contributed by atoms with E-state index in [1.807, 2.05) is 0 Å². The van der Waals surface area contributed by atoms with E-state index in [0.29, 0.717) is 6.54 Å². The van der Waals surface area contributed by atoms with Crippen LogP contribution in [0.15, 0.2) is 6.20 Å². The molecule has 1 amide bonds. The summed E-state index contributed by atoms with van der Waals surface area (Å²) in [5, 5.41) is 18.8. The van der Waals surface area contributed by atoms with Gasteiger partial charge in [0, 0.05) is 11.3 Å². The number of aliphatic carboxylic acids is 1. The first-order chi connectivity index (χ1) is 9.54. The minimum absolute atomic E-state index is 0.132. The molecule has 0 spiro atoms. The summed E-state index contributed by atoms with van der Waals surface area (Å²) in [7, 11) is 0. The van der Waals surface area contributed by atoms with Gasteiger partial charge in [-0.25, -0.2) is 4.68 Å². The van der Waals surface area contributed by atoms with Crippen LogP contribution in [0.25, 0.3) is 0 Å². The first-order valence-corrected chi connectivity index (χ1v) is 7.72. The largest absolute Gasteiger partial charge is 0.480 e. The minimum Gasteiger partial charge on any atom is -0.480 e. The summed E-state index contributed by atoms with van der Waals surface area (Å²) in [6, 6.07) is 0. The molecule has 0 aromatic carbocycles. The molecule has 1 aromatic heterocycles. The average molecular weight is 298 g/mol. The highest BCUT2D eigenvalue weighted by molar-refractivity contribution is 8.00. The van der Waals surface area contributed by atoms with E-state index >= 15 is 0 Å². The Morgan fingerprint density at radius 3 is 2.80 bits per heavy atom. The van der Waals surface area contributed by atoms with Crippen LogP contribution in [0.1, 0.15) is 36.2 Å². The second kappa shape index (κ2) is 6.25. The van der Waals surface area contributed by atoms with Crippen molar-refractivity contribution in [1.29, 1.82) is 0 Å². The maximum Gasteiger partial charge on any atom is 0.325 e. The maximum atomic E-state index is 12.0. The van der Waals surface area contributed by atoms with E-state index in [1.165, 1.54) is 19.0 Å². The number of hydrogen-bond acceptors (Lipinski definition) is 5. The second-order valence-corrected chi connectivity index (χ2v) is 6.25. The summed E-state index contributed by atoms with van der Waals surface area (Å²) in [6.07, 6.45) is 8.04. The number of nitrogens with one attached hydrogen (secondary N) is 1. The summed E-state index contributed by atoms with van der Waals surface area (Å²) in [4.78, 5) is 22.5. The van der Waals surface area contributed by atoms with E-state index < -0.39 is 5.97 Å². The first kappa shape index (κ1) is 14.8. The fraction of sp³-hybridized carbons (Fsp3) is 0.667. The number of amides is 1. The van der Waals surface area contributed by atoms with Gasteiger partial charge in [-0.3, -0.25) is 9.59 Å². The monoisotopic (exact) mass is 298 g/mol. The number of carboxylic acid groups (broad SMARTS) is 1. The Labute approximate surface area is 121 Å². The number of hydrogen-bond donors (Lipinski definition) is 2. The van der Waals surface area contributed by atoms with E-state index in [4.69, 9.17) is 5.11 Å². The summed E-state index contributed by atoms with van der Waals surface area (Å²) >= 11 is 1.80. The molecule has 2 rings (SSSR count). The van der Waals surface area contributed by atoms with Crippen LogP contribution in [0.5, 0.6) is 0 Å². The number of aromatic nitrogens is 3. The third-order valence-electron chi connectivity index (χ3n) is 3.59. The van der Waals surface area contributed by atoms with Crippen molar-refractivity contribution in [2.24, 2.45) is 0 Å². The SMILES string of the molecule is CSC1(CNC(=O)c2cn(CC(=O)O)nn2)CCCC1. The lowest BCUT2D eigenvalue weighted by molar-refractivity contribution is -0.137. The van der Waals surface area contributed by atoms with Gasteiger partial charge >= 0.3 is 5.97 Å². The van der Waals surface area contributed by atoms with Crippen LogP contribution in [0, 0.1) is 0 Å². The van der Waals surface area contributed by atoms with Gasteiger partial charge in [0.25, 0.3) is 5.91 Å². The highest BCUT2D eigenvalue weighted by Gasteiger charge is 2.33. The van der Waals surface area contributed by atoms with Gasteiger partial charge < -0.3 is 10.4 Å². The Balaban J connectivity index is 1.91. The Kier molecular flexibility index (Phi) is 4.64. The highest BCUT2D eigenvalue weighted by Crippen LogP contribution is 2.39. The predicted octanol–water partition coefficient (Wildman–Crippen LogP) is 0.768. The van der Waals surface area contributed by atoms with Crippen molar-refractivity contribution >= 4 is 23.6 Å². The third-order valence-corrected chi connectivity index (χ3v) is 5.01. The lowest BCUT2D eigenvalue weighted by atomic mass is 10.1. The Morgan fingerprint density at radius 1 is 1.50 bits per heavy atom. The zero-order valence-corrected chi connectivity index (χ0v) is 12.2.